The van der Waals surface area contributed by atoms with Crippen molar-refractivity contribution in [3.8, 4) is 11.3 Å². The number of H-pyrrole nitrogens is 1. The van der Waals surface area contributed by atoms with Gasteiger partial charge in [-0.2, -0.15) is 0 Å². The normalized spacial score (nSPS) is 28.2. The Bertz CT molecular complexity index is 776. The molecule has 6 nitrogen and oxygen atoms in total. The lowest BCUT2D eigenvalue weighted by Crippen LogP contribution is -2.53. The molecule has 2 aliphatic rings. The zero-order valence-electron chi connectivity index (χ0n) is 15.3. The topological polar surface area (TPSA) is 67.5 Å². The molecule has 2 heterocycles. The number of benzene rings is 1. The molecule has 1 aromatic heterocycles. The molecule has 0 spiro atoms. The quantitative estimate of drug-likeness (QED) is 0.916. The Kier molecular flexibility index (Phi) is 4.54. The molecule has 1 saturated heterocycles. The van der Waals surface area contributed by atoms with E-state index in [0.29, 0.717) is 17.9 Å². The molecular weight excluding hydrogens is 330 g/mol. The van der Waals surface area contributed by atoms with Crippen molar-refractivity contribution in [2.24, 2.45) is 0 Å². The molecule has 26 heavy (non-hydrogen) atoms. The SMILES string of the molecule is CO[C@@H]1CC[C@@]2(OC)CCN(C(=O)c3[nH]cnc3-c3ccccc3)[C@H]2C1. The van der Waals surface area contributed by atoms with Gasteiger partial charge in [0.25, 0.3) is 5.91 Å². The molecule has 4 rings (SSSR count). The molecular formula is C20H25N3O3. The van der Waals surface area contributed by atoms with Crippen LogP contribution in [0.2, 0.25) is 0 Å². The number of carbonyl (C=O) groups excluding carboxylic acids is 1. The van der Waals surface area contributed by atoms with Crippen LogP contribution in [-0.2, 0) is 9.47 Å². The van der Waals surface area contributed by atoms with Gasteiger partial charge in [-0.25, -0.2) is 4.98 Å². The molecule has 1 saturated carbocycles. The second-order valence-electron chi connectivity index (χ2n) is 7.16. The van der Waals surface area contributed by atoms with E-state index < -0.39 is 0 Å². The lowest BCUT2D eigenvalue weighted by Gasteiger charge is -2.43. The molecule has 1 aliphatic carbocycles. The number of hydrogen-bond donors (Lipinski definition) is 1. The van der Waals surface area contributed by atoms with Crippen molar-refractivity contribution in [3.05, 3.63) is 42.4 Å². The molecule has 1 amide bonds. The first-order valence-corrected chi connectivity index (χ1v) is 9.16. The third-order valence-electron chi connectivity index (χ3n) is 6.04. The zero-order chi connectivity index (χ0) is 18.1. The van der Waals surface area contributed by atoms with Gasteiger partial charge in [0.05, 0.1) is 24.1 Å². The monoisotopic (exact) mass is 355 g/mol. The molecule has 2 aromatic rings. The Morgan fingerprint density at radius 2 is 2.08 bits per heavy atom. The highest BCUT2D eigenvalue weighted by molar-refractivity contribution is 5.98. The number of carbonyl (C=O) groups is 1. The van der Waals surface area contributed by atoms with Crippen molar-refractivity contribution < 1.29 is 14.3 Å². The van der Waals surface area contributed by atoms with Crippen LogP contribution in [0.1, 0.15) is 36.2 Å². The number of nitrogens with zero attached hydrogens (tertiary/aromatic N) is 2. The minimum absolute atomic E-state index is 0.0120. The van der Waals surface area contributed by atoms with Crippen molar-refractivity contribution >= 4 is 5.91 Å². The summed E-state index contributed by atoms with van der Waals surface area (Å²) in [5, 5.41) is 0. The molecule has 2 fully saturated rings. The number of fused-ring (bicyclic) bond motifs is 1. The molecule has 0 bridgehead atoms. The van der Waals surface area contributed by atoms with Crippen molar-refractivity contribution in [2.45, 2.75) is 43.4 Å². The predicted molar refractivity (Wildman–Crippen MR) is 97.9 cm³/mol. The van der Waals surface area contributed by atoms with Crippen LogP contribution in [0.25, 0.3) is 11.3 Å². The number of imidazole rings is 1. The minimum Gasteiger partial charge on any atom is -0.381 e. The molecule has 3 atom stereocenters. The lowest BCUT2D eigenvalue weighted by molar-refractivity contribution is -0.0894. The average Bonchev–Trinajstić information content (AvgIpc) is 3.33. The molecule has 6 heteroatoms. The number of likely N-dealkylation sites (tertiary alicyclic amines) is 1. The van der Waals surface area contributed by atoms with E-state index in [2.05, 4.69) is 9.97 Å². The number of ether oxygens (including phenoxy) is 2. The van der Waals surface area contributed by atoms with Crippen LogP contribution in [0.5, 0.6) is 0 Å². The highest BCUT2D eigenvalue weighted by atomic mass is 16.5. The van der Waals surface area contributed by atoms with Gasteiger partial charge < -0.3 is 19.4 Å². The molecule has 138 valence electrons. The van der Waals surface area contributed by atoms with Gasteiger partial charge in [0.2, 0.25) is 0 Å². The summed E-state index contributed by atoms with van der Waals surface area (Å²) in [6.45, 7) is 0.695. The first kappa shape index (κ1) is 17.2. The van der Waals surface area contributed by atoms with Crippen LogP contribution in [0, 0.1) is 0 Å². The highest BCUT2D eigenvalue weighted by Gasteiger charge is 2.53. The Morgan fingerprint density at radius 3 is 2.81 bits per heavy atom. The van der Waals surface area contributed by atoms with E-state index in [9.17, 15) is 4.79 Å². The summed E-state index contributed by atoms with van der Waals surface area (Å²) in [5.74, 6) is -0.0120. The van der Waals surface area contributed by atoms with E-state index in [1.54, 1.807) is 20.5 Å². The van der Waals surface area contributed by atoms with E-state index in [0.717, 1.165) is 31.2 Å². The van der Waals surface area contributed by atoms with Crippen LogP contribution in [-0.4, -0.2) is 59.3 Å². The third kappa shape index (κ3) is 2.73. The van der Waals surface area contributed by atoms with Gasteiger partial charge in [0, 0.05) is 26.3 Å². The van der Waals surface area contributed by atoms with Crippen LogP contribution in [0.4, 0.5) is 0 Å². The van der Waals surface area contributed by atoms with E-state index in [4.69, 9.17) is 9.47 Å². The molecule has 1 aromatic carbocycles. The van der Waals surface area contributed by atoms with Crippen LogP contribution in [0.3, 0.4) is 0 Å². The predicted octanol–water partition coefficient (Wildman–Crippen LogP) is 2.88. The van der Waals surface area contributed by atoms with Crippen molar-refractivity contribution in [2.75, 3.05) is 20.8 Å². The fourth-order valence-electron chi connectivity index (χ4n) is 4.54. The smallest absolute Gasteiger partial charge is 0.272 e. The number of rotatable bonds is 4. The number of methoxy groups -OCH3 is 2. The van der Waals surface area contributed by atoms with Crippen molar-refractivity contribution in [3.63, 3.8) is 0 Å². The van der Waals surface area contributed by atoms with Crippen LogP contribution >= 0.6 is 0 Å². The van der Waals surface area contributed by atoms with Gasteiger partial charge in [0.1, 0.15) is 11.4 Å². The van der Waals surface area contributed by atoms with Gasteiger partial charge >= 0.3 is 0 Å². The summed E-state index contributed by atoms with van der Waals surface area (Å²) < 4.78 is 11.5. The Hall–Kier alpha value is -2.18. The lowest BCUT2D eigenvalue weighted by atomic mass is 9.79. The average molecular weight is 355 g/mol. The Morgan fingerprint density at radius 1 is 1.27 bits per heavy atom. The number of hydrogen-bond acceptors (Lipinski definition) is 4. The van der Waals surface area contributed by atoms with E-state index >= 15 is 0 Å². The fraction of sp³-hybridized carbons (Fsp3) is 0.500. The fourth-order valence-corrected chi connectivity index (χ4v) is 4.54. The van der Waals surface area contributed by atoms with E-state index in [1.165, 1.54) is 0 Å². The minimum atomic E-state index is -0.252. The number of nitrogens with one attached hydrogen (secondary N) is 1. The third-order valence-corrected chi connectivity index (χ3v) is 6.04. The van der Waals surface area contributed by atoms with Gasteiger partial charge in [-0.05, 0) is 25.7 Å². The number of amides is 1. The maximum atomic E-state index is 13.4. The Balaban J connectivity index is 1.64. The summed E-state index contributed by atoms with van der Waals surface area (Å²) >= 11 is 0. The summed E-state index contributed by atoms with van der Waals surface area (Å²) in [6.07, 6.45) is 5.34. The zero-order valence-corrected chi connectivity index (χ0v) is 15.3. The summed E-state index contributed by atoms with van der Waals surface area (Å²) in [7, 11) is 3.51. The summed E-state index contributed by atoms with van der Waals surface area (Å²) in [6, 6.07) is 9.84. The van der Waals surface area contributed by atoms with Crippen molar-refractivity contribution in [1.82, 2.24) is 14.9 Å². The van der Waals surface area contributed by atoms with Gasteiger partial charge in [0.15, 0.2) is 0 Å². The standard InChI is InChI=1S/C20H25N3O3/c1-25-15-8-9-20(26-2)10-11-23(16(20)12-15)19(24)18-17(21-13-22-18)14-6-4-3-5-7-14/h3-7,13,15-16H,8-12H2,1-2H3,(H,21,22)/t15-,16+,20-/m1/s1. The van der Waals surface area contributed by atoms with Gasteiger partial charge in [-0.1, -0.05) is 30.3 Å². The van der Waals surface area contributed by atoms with Crippen LogP contribution < -0.4 is 0 Å². The van der Waals surface area contributed by atoms with Crippen molar-refractivity contribution in [1.29, 1.82) is 0 Å². The maximum absolute atomic E-state index is 13.4. The first-order valence-electron chi connectivity index (χ1n) is 9.16. The maximum Gasteiger partial charge on any atom is 0.272 e. The number of aromatic nitrogens is 2. The highest BCUT2D eigenvalue weighted by Crippen LogP contribution is 2.43. The van der Waals surface area contributed by atoms with E-state index in [1.807, 2.05) is 35.2 Å². The summed E-state index contributed by atoms with van der Waals surface area (Å²) in [5.41, 5.74) is 1.93. The second-order valence-corrected chi connectivity index (χ2v) is 7.16. The molecule has 1 aliphatic heterocycles. The summed E-state index contributed by atoms with van der Waals surface area (Å²) in [4.78, 5) is 22.8. The molecule has 0 unspecified atom stereocenters. The Labute approximate surface area is 153 Å². The second kappa shape index (κ2) is 6.85. The first-order chi connectivity index (χ1) is 12.7. The largest absolute Gasteiger partial charge is 0.381 e. The van der Waals surface area contributed by atoms with E-state index in [-0.39, 0.29) is 23.7 Å². The van der Waals surface area contributed by atoms with Crippen LogP contribution in [0.15, 0.2) is 36.7 Å². The number of aromatic amines is 1. The molecule has 1 N–H and O–H groups in total. The van der Waals surface area contributed by atoms with Gasteiger partial charge in [-0.3, -0.25) is 4.79 Å². The van der Waals surface area contributed by atoms with Gasteiger partial charge in [-0.15, -0.1) is 0 Å². The molecule has 0 radical (unpaired) electrons.